The molecule has 2 atom stereocenters. The number of alkyl halides is 3. The van der Waals surface area contributed by atoms with Crippen molar-refractivity contribution in [1.29, 1.82) is 0 Å². The summed E-state index contributed by atoms with van der Waals surface area (Å²) in [5.41, 5.74) is 2.45. The summed E-state index contributed by atoms with van der Waals surface area (Å²) in [5, 5.41) is 3.23. The number of rotatable bonds is 3. The van der Waals surface area contributed by atoms with E-state index in [4.69, 9.17) is 0 Å². The largest absolute Gasteiger partial charge is 0.391 e. The number of hydrogen-bond donors (Lipinski definition) is 1. The second kappa shape index (κ2) is 6.98. The van der Waals surface area contributed by atoms with Crippen molar-refractivity contribution in [2.45, 2.75) is 51.7 Å². The van der Waals surface area contributed by atoms with Crippen LogP contribution in [0, 0.1) is 19.8 Å². The normalized spacial score (nSPS) is 21.2. The number of nitrogens with one attached hydrogen (secondary N) is 1. The molecule has 25 heavy (non-hydrogen) atoms. The van der Waals surface area contributed by atoms with E-state index in [1.54, 1.807) is 18.5 Å². The summed E-state index contributed by atoms with van der Waals surface area (Å²) in [4.78, 5) is 13.1. The van der Waals surface area contributed by atoms with Crippen LogP contribution < -0.4 is 5.32 Å². The van der Waals surface area contributed by atoms with Gasteiger partial charge < -0.3 is 5.32 Å². The second-order valence-electron chi connectivity index (χ2n) is 6.59. The van der Waals surface area contributed by atoms with Crippen LogP contribution in [0.5, 0.6) is 0 Å². The van der Waals surface area contributed by atoms with Crippen LogP contribution in [0.2, 0.25) is 0 Å². The first-order valence-corrected chi connectivity index (χ1v) is 8.43. The molecule has 1 N–H and O–H groups in total. The van der Waals surface area contributed by atoms with E-state index in [1.165, 1.54) is 0 Å². The van der Waals surface area contributed by atoms with E-state index in [9.17, 15) is 13.2 Å². The number of pyridine rings is 1. The number of aryl methyl sites for hydroxylation is 1. The van der Waals surface area contributed by atoms with E-state index in [1.807, 2.05) is 19.9 Å². The number of halogens is 3. The Kier molecular flexibility index (Phi) is 4.92. The predicted octanol–water partition coefficient (Wildman–Crippen LogP) is 4.69. The zero-order chi connectivity index (χ0) is 18.0. The Balaban J connectivity index is 1.83. The van der Waals surface area contributed by atoms with Crippen LogP contribution in [0.15, 0.2) is 24.5 Å². The van der Waals surface area contributed by atoms with Gasteiger partial charge in [0.05, 0.1) is 5.92 Å². The quantitative estimate of drug-likeness (QED) is 0.873. The molecule has 2 heterocycles. The maximum absolute atomic E-state index is 13.0. The van der Waals surface area contributed by atoms with Gasteiger partial charge in [0.2, 0.25) is 0 Å². The third-order valence-corrected chi connectivity index (χ3v) is 4.79. The topological polar surface area (TPSA) is 50.7 Å². The zero-order valence-corrected chi connectivity index (χ0v) is 14.3. The summed E-state index contributed by atoms with van der Waals surface area (Å²) in [5.74, 6) is -0.0964. The van der Waals surface area contributed by atoms with E-state index in [0.717, 1.165) is 23.2 Å². The number of hydrogen-bond acceptors (Lipinski definition) is 4. The fraction of sp³-hybridized carbons (Fsp3) is 0.500. The molecule has 1 fully saturated rings. The van der Waals surface area contributed by atoms with Crippen molar-refractivity contribution in [3.8, 4) is 11.4 Å². The molecule has 1 aliphatic rings. The molecule has 0 saturated heterocycles. The molecule has 7 heteroatoms. The SMILES string of the molecule is Cc1nc(-c2cccnc2)nc(NC2CCCC(C(F)(F)F)C2)c1C. The van der Waals surface area contributed by atoms with Gasteiger partial charge in [-0.3, -0.25) is 4.98 Å². The first kappa shape index (κ1) is 17.6. The maximum Gasteiger partial charge on any atom is 0.391 e. The fourth-order valence-corrected chi connectivity index (χ4v) is 3.21. The lowest BCUT2D eigenvalue weighted by Gasteiger charge is -2.31. The van der Waals surface area contributed by atoms with E-state index in [0.29, 0.717) is 18.1 Å². The van der Waals surface area contributed by atoms with E-state index in [2.05, 4.69) is 20.3 Å². The Morgan fingerprint density at radius 3 is 2.64 bits per heavy atom. The summed E-state index contributed by atoms with van der Waals surface area (Å²) >= 11 is 0. The molecule has 0 radical (unpaired) electrons. The Morgan fingerprint density at radius 2 is 1.96 bits per heavy atom. The number of nitrogens with zero attached hydrogens (tertiary/aromatic N) is 3. The van der Waals surface area contributed by atoms with Crippen molar-refractivity contribution in [2.75, 3.05) is 5.32 Å². The highest BCUT2D eigenvalue weighted by Gasteiger charge is 2.42. The molecule has 0 amide bonds. The molecule has 2 unspecified atom stereocenters. The molecule has 0 spiro atoms. The molecule has 3 rings (SSSR count). The summed E-state index contributed by atoms with van der Waals surface area (Å²) < 4.78 is 39.1. The molecule has 4 nitrogen and oxygen atoms in total. The van der Waals surface area contributed by atoms with Gasteiger partial charge in [-0.05, 0) is 45.2 Å². The van der Waals surface area contributed by atoms with Crippen LogP contribution in [0.4, 0.5) is 19.0 Å². The van der Waals surface area contributed by atoms with Gasteiger partial charge in [0.25, 0.3) is 0 Å². The first-order valence-electron chi connectivity index (χ1n) is 8.43. The minimum absolute atomic E-state index is 0.0915. The van der Waals surface area contributed by atoms with E-state index >= 15 is 0 Å². The van der Waals surface area contributed by atoms with Gasteiger partial charge in [-0.1, -0.05) is 6.42 Å². The van der Waals surface area contributed by atoms with Gasteiger partial charge in [0.15, 0.2) is 5.82 Å². The van der Waals surface area contributed by atoms with Crippen molar-refractivity contribution in [1.82, 2.24) is 15.0 Å². The molecule has 0 bridgehead atoms. The second-order valence-corrected chi connectivity index (χ2v) is 6.59. The monoisotopic (exact) mass is 350 g/mol. The van der Waals surface area contributed by atoms with Crippen LogP contribution >= 0.6 is 0 Å². The van der Waals surface area contributed by atoms with Gasteiger partial charge in [-0.15, -0.1) is 0 Å². The summed E-state index contributed by atoms with van der Waals surface area (Å²) in [6.07, 6.45) is 0.811. The minimum Gasteiger partial charge on any atom is -0.367 e. The summed E-state index contributed by atoms with van der Waals surface area (Å²) in [6, 6.07) is 3.44. The molecular formula is C18H21F3N4. The summed E-state index contributed by atoms with van der Waals surface area (Å²) in [6.45, 7) is 3.76. The van der Waals surface area contributed by atoms with Crippen molar-refractivity contribution >= 4 is 5.82 Å². The number of aromatic nitrogens is 3. The Morgan fingerprint density at radius 1 is 1.16 bits per heavy atom. The van der Waals surface area contributed by atoms with Crippen molar-refractivity contribution < 1.29 is 13.2 Å². The molecule has 1 aliphatic carbocycles. The van der Waals surface area contributed by atoms with Gasteiger partial charge >= 0.3 is 6.18 Å². The highest BCUT2D eigenvalue weighted by atomic mass is 19.4. The average Bonchev–Trinajstić information content (AvgIpc) is 2.59. The van der Waals surface area contributed by atoms with Crippen LogP contribution in [0.3, 0.4) is 0 Å². The lowest BCUT2D eigenvalue weighted by atomic mass is 9.85. The molecule has 0 aromatic carbocycles. The standard InChI is InChI=1S/C18H21F3N4/c1-11-12(2)23-17(13-5-4-8-22-10-13)25-16(11)24-15-7-3-6-14(9-15)18(19,20)21/h4-5,8,10,14-15H,3,6-7,9H2,1-2H3,(H,23,24,25). The van der Waals surface area contributed by atoms with Crippen molar-refractivity contribution in [3.63, 3.8) is 0 Å². The predicted molar refractivity (Wildman–Crippen MR) is 90.2 cm³/mol. The lowest BCUT2D eigenvalue weighted by molar-refractivity contribution is -0.182. The highest BCUT2D eigenvalue weighted by Crippen LogP contribution is 2.38. The van der Waals surface area contributed by atoms with Crippen LogP contribution in [0.25, 0.3) is 11.4 Å². The Labute approximate surface area is 144 Å². The third-order valence-electron chi connectivity index (χ3n) is 4.79. The molecule has 0 aliphatic heterocycles. The van der Waals surface area contributed by atoms with Crippen molar-refractivity contribution in [2.24, 2.45) is 5.92 Å². The van der Waals surface area contributed by atoms with Gasteiger partial charge in [-0.25, -0.2) is 9.97 Å². The molecular weight excluding hydrogens is 329 g/mol. The first-order chi connectivity index (χ1) is 11.8. The Hall–Kier alpha value is -2.18. The van der Waals surface area contributed by atoms with Crippen LogP contribution in [-0.2, 0) is 0 Å². The lowest BCUT2D eigenvalue weighted by Crippen LogP contribution is -2.35. The van der Waals surface area contributed by atoms with E-state index in [-0.39, 0.29) is 18.9 Å². The summed E-state index contributed by atoms with van der Waals surface area (Å²) in [7, 11) is 0. The minimum atomic E-state index is -4.13. The Bertz CT molecular complexity index is 731. The van der Waals surface area contributed by atoms with Crippen LogP contribution in [0.1, 0.15) is 36.9 Å². The average molecular weight is 350 g/mol. The maximum atomic E-state index is 13.0. The van der Waals surface area contributed by atoms with Gasteiger partial charge in [0.1, 0.15) is 5.82 Å². The molecule has 1 saturated carbocycles. The van der Waals surface area contributed by atoms with Crippen LogP contribution in [-0.4, -0.2) is 27.2 Å². The van der Waals surface area contributed by atoms with Gasteiger partial charge in [-0.2, -0.15) is 13.2 Å². The fourth-order valence-electron chi connectivity index (χ4n) is 3.21. The third kappa shape index (κ3) is 4.08. The van der Waals surface area contributed by atoms with Crippen molar-refractivity contribution in [3.05, 3.63) is 35.8 Å². The molecule has 2 aromatic rings. The highest BCUT2D eigenvalue weighted by molar-refractivity contribution is 5.58. The smallest absolute Gasteiger partial charge is 0.367 e. The molecule has 2 aromatic heterocycles. The van der Waals surface area contributed by atoms with Gasteiger partial charge in [0, 0.05) is 35.3 Å². The number of anilines is 1. The molecule has 134 valence electrons. The van der Waals surface area contributed by atoms with E-state index < -0.39 is 12.1 Å². The zero-order valence-electron chi connectivity index (χ0n) is 14.3.